The number of carbonyl (C=O) groups is 1. The minimum absolute atomic E-state index is 0.365. The van der Waals surface area contributed by atoms with Crippen LogP contribution in [0, 0.1) is 0 Å². The second kappa shape index (κ2) is 26.6. The highest BCUT2D eigenvalue weighted by Gasteiger charge is 2.28. The van der Waals surface area contributed by atoms with Crippen LogP contribution in [0.25, 0.3) is 0 Å². The van der Waals surface area contributed by atoms with Crippen molar-refractivity contribution in [1.82, 2.24) is 5.32 Å². The third-order valence-corrected chi connectivity index (χ3v) is 7.23. The van der Waals surface area contributed by atoms with Gasteiger partial charge in [0.05, 0.1) is 18.8 Å². The van der Waals surface area contributed by atoms with E-state index in [1.54, 1.807) is 0 Å². The highest BCUT2D eigenvalue weighted by atomic mass is 16.3. The molecule has 37 heavy (non-hydrogen) atoms. The first-order valence-corrected chi connectivity index (χ1v) is 15.6. The lowest BCUT2D eigenvalue weighted by Gasteiger charge is -2.27. The van der Waals surface area contributed by atoms with Gasteiger partial charge < -0.3 is 25.7 Å². The van der Waals surface area contributed by atoms with E-state index in [-0.39, 0.29) is 0 Å². The van der Waals surface area contributed by atoms with Gasteiger partial charge in [-0.25, -0.2) is 0 Å². The molecule has 0 aromatic carbocycles. The molecule has 5 N–H and O–H groups in total. The van der Waals surface area contributed by atoms with Gasteiger partial charge in [-0.3, -0.25) is 4.79 Å². The van der Waals surface area contributed by atoms with Gasteiger partial charge in [0, 0.05) is 0 Å². The molecule has 0 saturated carbocycles. The van der Waals surface area contributed by atoms with Gasteiger partial charge in [-0.1, -0.05) is 122 Å². The van der Waals surface area contributed by atoms with E-state index in [9.17, 15) is 25.2 Å². The third-order valence-electron chi connectivity index (χ3n) is 7.23. The van der Waals surface area contributed by atoms with Crippen molar-refractivity contribution in [3.63, 3.8) is 0 Å². The SMILES string of the molecule is CCCCCCCCC/C=C/CCCC(O)C(O)C(CO)NC(=O)C(O)CCCCCCCCCCC. The summed E-state index contributed by atoms with van der Waals surface area (Å²) < 4.78 is 0. The van der Waals surface area contributed by atoms with Crippen LogP contribution in [0.5, 0.6) is 0 Å². The molecule has 0 saturated heterocycles. The molecule has 0 aliphatic rings. The summed E-state index contributed by atoms with van der Waals surface area (Å²) in [7, 11) is 0. The molecule has 0 rings (SSSR count). The number of amides is 1. The number of aliphatic hydroxyl groups is 4. The normalized spacial score (nSPS) is 15.1. The van der Waals surface area contributed by atoms with Gasteiger partial charge in [0.2, 0.25) is 5.91 Å². The Balaban J connectivity index is 3.96. The quantitative estimate of drug-likeness (QED) is 0.0633. The molecule has 4 atom stereocenters. The number of nitrogens with one attached hydrogen (secondary N) is 1. The van der Waals surface area contributed by atoms with Gasteiger partial charge >= 0.3 is 0 Å². The van der Waals surface area contributed by atoms with Gasteiger partial charge in [0.15, 0.2) is 0 Å². The average Bonchev–Trinajstić information content (AvgIpc) is 2.90. The number of aliphatic hydroxyl groups excluding tert-OH is 4. The summed E-state index contributed by atoms with van der Waals surface area (Å²) in [5.74, 6) is -0.599. The third kappa shape index (κ3) is 21.7. The molecule has 0 bridgehead atoms. The van der Waals surface area contributed by atoms with Crippen molar-refractivity contribution >= 4 is 5.91 Å². The highest BCUT2D eigenvalue weighted by Crippen LogP contribution is 2.13. The van der Waals surface area contributed by atoms with Crippen LogP contribution < -0.4 is 5.32 Å². The van der Waals surface area contributed by atoms with Gasteiger partial charge in [-0.05, 0) is 38.5 Å². The van der Waals surface area contributed by atoms with Crippen LogP contribution in [0.3, 0.4) is 0 Å². The lowest BCUT2D eigenvalue weighted by Crippen LogP contribution is -2.53. The Bertz CT molecular complexity index is 528. The minimum Gasteiger partial charge on any atom is -0.394 e. The van der Waals surface area contributed by atoms with Crippen LogP contribution in [-0.4, -0.2) is 57.3 Å². The number of allylic oxidation sites excluding steroid dienone is 2. The Morgan fingerprint density at radius 3 is 1.62 bits per heavy atom. The first-order chi connectivity index (χ1) is 18.0. The summed E-state index contributed by atoms with van der Waals surface area (Å²) in [6, 6.07) is -0.992. The van der Waals surface area contributed by atoms with E-state index in [1.165, 1.54) is 83.5 Å². The molecule has 6 nitrogen and oxygen atoms in total. The lowest BCUT2D eigenvalue weighted by atomic mass is 10.00. The number of hydrogen-bond donors (Lipinski definition) is 5. The number of carbonyl (C=O) groups excluding carboxylic acids is 1. The predicted octanol–water partition coefficient (Wildman–Crippen LogP) is 6.33. The zero-order chi connectivity index (χ0) is 27.6. The molecule has 0 aliphatic carbocycles. The smallest absolute Gasteiger partial charge is 0.249 e. The van der Waals surface area contributed by atoms with Crippen molar-refractivity contribution in [1.29, 1.82) is 0 Å². The van der Waals surface area contributed by atoms with Gasteiger partial charge in [0.25, 0.3) is 0 Å². The predicted molar refractivity (Wildman–Crippen MR) is 154 cm³/mol. The van der Waals surface area contributed by atoms with Crippen LogP contribution in [0.4, 0.5) is 0 Å². The summed E-state index contributed by atoms with van der Waals surface area (Å²) >= 11 is 0. The second-order valence-corrected chi connectivity index (χ2v) is 10.8. The fourth-order valence-corrected chi connectivity index (χ4v) is 4.64. The molecule has 0 aromatic rings. The van der Waals surface area contributed by atoms with E-state index in [0.717, 1.165) is 38.5 Å². The van der Waals surface area contributed by atoms with E-state index in [2.05, 4.69) is 31.3 Å². The Morgan fingerprint density at radius 2 is 1.11 bits per heavy atom. The molecule has 220 valence electrons. The Hall–Kier alpha value is -0.950. The highest BCUT2D eigenvalue weighted by molar-refractivity contribution is 5.80. The molecule has 0 radical (unpaired) electrons. The number of unbranched alkanes of at least 4 members (excludes halogenated alkanes) is 16. The standard InChI is InChI=1S/C31H61NO5/c1-3-5-7-9-11-13-14-15-17-18-20-22-24-28(34)30(36)27(26-33)32-31(37)29(35)25-23-21-19-16-12-10-8-6-4-2/h17-18,27-30,33-36H,3-16,19-26H2,1-2H3,(H,32,37)/b18-17+. The molecular formula is C31H61NO5. The molecular weight excluding hydrogens is 466 g/mol. The molecule has 6 heteroatoms. The molecule has 0 aliphatic heterocycles. The zero-order valence-electron chi connectivity index (χ0n) is 24.2. The number of hydrogen-bond acceptors (Lipinski definition) is 5. The van der Waals surface area contributed by atoms with Crippen molar-refractivity contribution in [3.05, 3.63) is 12.2 Å². The van der Waals surface area contributed by atoms with Crippen molar-refractivity contribution in [2.45, 2.75) is 173 Å². The van der Waals surface area contributed by atoms with Crippen LogP contribution in [0.15, 0.2) is 12.2 Å². The van der Waals surface area contributed by atoms with Gasteiger partial charge in [-0.2, -0.15) is 0 Å². The first-order valence-electron chi connectivity index (χ1n) is 15.6. The molecule has 0 fully saturated rings. The van der Waals surface area contributed by atoms with Crippen molar-refractivity contribution in [2.75, 3.05) is 6.61 Å². The summed E-state index contributed by atoms with van der Waals surface area (Å²) in [6.07, 6.45) is 23.8. The fraction of sp³-hybridized carbons (Fsp3) is 0.903. The summed E-state index contributed by atoms with van der Waals surface area (Å²) in [4.78, 5) is 12.3. The number of rotatable bonds is 27. The maximum Gasteiger partial charge on any atom is 0.249 e. The summed E-state index contributed by atoms with van der Waals surface area (Å²) in [5, 5.41) is 43.0. The van der Waals surface area contributed by atoms with E-state index in [1.807, 2.05) is 0 Å². The maximum absolute atomic E-state index is 12.3. The summed E-state index contributed by atoms with van der Waals surface area (Å²) in [5.41, 5.74) is 0. The van der Waals surface area contributed by atoms with Gasteiger partial charge in [-0.15, -0.1) is 0 Å². The van der Waals surface area contributed by atoms with Crippen LogP contribution in [0.2, 0.25) is 0 Å². The molecule has 4 unspecified atom stereocenters. The second-order valence-electron chi connectivity index (χ2n) is 10.8. The average molecular weight is 528 g/mol. The van der Waals surface area contributed by atoms with Crippen molar-refractivity contribution in [3.8, 4) is 0 Å². The largest absolute Gasteiger partial charge is 0.394 e. The topological polar surface area (TPSA) is 110 Å². The van der Waals surface area contributed by atoms with Crippen LogP contribution >= 0.6 is 0 Å². The molecule has 0 heterocycles. The molecule has 0 spiro atoms. The first kappa shape index (κ1) is 36.0. The Morgan fingerprint density at radius 1 is 0.649 bits per heavy atom. The van der Waals surface area contributed by atoms with E-state index >= 15 is 0 Å². The minimum atomic E-state index is -1.27. The maximum atomic E-state index is 12.3. The van der Waals surface area contributed by atoms with Crippen LogP contribution in [-0.2, 0) is 4.79 Å². The molecule has 1 amide bonds. The Kier molecular flexibility index (Phi) is 26.0. The van der Waals surface area contributed by atoms with Crippen molar-refractivity contribution in [2.24, 2.45) is 0 Å². The van der Waals surface area contributed by atoms with Crippen LogP contribution in [0.1, 0.15) is 149 Å². The van der Waals surface area contributed by atoms with E-state index < -0.39 is 36.9 Å². The molecule has 0 aromatic heterocycles. The zero-order valence-corrected chi connectivity index (χ0v) is 24.2. The Labute approximate surface area is 228 Å². The monoisotopic (exact) mass is 527 g/mol. The van der Waals surface area contributed by atoms with E-state index in [0.29, 0.717) is 12.8 Å². The lowest BCUT2D eigenvalue weighted by molar-refractivity contribution is -0.132. The summed E-state index contributed by atoms with van der Waals surface area (Å²) in [6.45, 7) is 3.96. The fourth-order valence-electron chi connectivity index (χ4n) is 4.64. The van der Waals surface area contributed by atoms with Gasteiger partial charge in [0.1, 0.15) is 12.2 Å². The van der Waals surface area contributed by atoms with Crippen molar-refractivity contribution < 1.29 is 25.2 Å². The van der Waals surface area contributed by atoms with E-state index in [4.69, 9.17) is 0 Å².